The molecule has 0 radical (unpaired) electrons. The Labute approximate surface area is 130 Å². The lowest BCUT2D eigenvalue weighted by atomic mass is 10.0. The van der Waals surface area contributed by atoms with Crippen molar-refractivity contribution in [3.63, 3.8) is 0 Å². The van der Waals surface area contributed by atoms with Crippen molar-refractivity contribution in [2.45, 2.75) is 33.6 Å². The highest BCUT2D eigenvalue weighted by molar-refractivity contribution is 5.97. The summed E-state index contributed by atoms with van der Waals surface area (Å²) in [5.74, 6) is 0.205. The van der Waals surface area contributed by atoms with Crippen LogP contribution in [0.4, 0.5) is 0 Å². The summed E-state index contributed by atoms with van der Waals surface area (Å²) in [4.78, 5) is 16.7. The highest BCUT2D eigenvalue weighted by Gasteiger charge is 2.23. The number of benzene rings is 1. The number of Topliss-reactive ketones (excluding diaryl/α,β-unsaturated/α-hetero) is 1. The molecule has 0 amide bonds. The summed E-state index contributed by atoms with van der Waals surface area (Å²) in [7, 11) is 0. The van der Waals surface area contributed by atoms with Crippen molar-refractivity contribution in [1.82, 2.24) is 9.38 Å². The molecular weight excluding hydrogens is 272 g/mol. The smallest absolute Gasteiger partial charge is 0.180 e. The van der Waals surface area contributed by atoms with Crippen molar-refractivity contribution < 1.29 is 4.79 Å². The third-order valence-electron chi connectivity index (χ3n) is 3.94. The van der Waals surface area contributed by atoms with Gasteiger partial charge in [0.25, 0.3) is 0 Å². The second kappa shape index (κ2) is 5.76. The molecule has 1 aromatic carbocycles. The van der Waals surface area contributed by atoms with Crippen LogP contribution < -0.4 is 0 Å². The molecule has 0 spiro atoms. The van der Waals surface area contributed by atoms with Gasteiger partial charge in [0, 0.05) is 12.0 Å². The van der Waals surface area contributed by atoms with Gasteiger partial charge in [-0.2, -0.15) is 0 Å². The Morgan fingerprint density at radius 2 is 1.73 bits per heavy atom. The van der Waals surface area contributed by atoms with Crippen LogP contribution in [0.3, 0.4) is 0 Å². The van der Waals surface area contributed by atoms with Crippen LogP contribution in [0.1, 0.15) is 42.0 Å². The molecule has 1 aliphatic rings. The van der Waals surface area contributed by atoms with Gasteiger partial charge in [0.15, 0.2) is 5.78 Å². The zero-order valence-corrected chi connectivity index (χ0v) is 13.3. The molecule has 3 nitrogen and oxygen atoms in total. The minimum absolute atomic E-state index is 0.205. The van der Waals surface area contributed by atoms with Gasteiger partial charge in [-0.3, -0.25) is 9.20 Å². The molecule has 0 aliphatic carbocycles. The van der Waals surface area contributed by atoms with Gasteiger partial charge in [0.2, 0.25) is 0 Å². The van der Waals surface area contributed by atoms with Crippen molar-refractivity contribution >= 4 is 11.4 Å². The standard InChI is InChI=1S/C17H14N2O.C2H6/c1-11-5-7-12(8-6-11)17-14-9-10-15(20)13-3-2-4-16(18-17)19(13)14;1-2/h2-8H,9-10H2,1H3;1-2H3. The van der Waals surface area contributed by atoms with Crippen molar-refractivity contribution in [2.75, 3.05) is 0 Å². The molecule has 0 unspecified atom stereocenters. The number of rotatable bonds is 1. The van der Waals surface area contributed by atoms with Gasteiger partial charge >= 0.3 is 0 Å². The Bertz CT molecular complexity index is 829. The second-order valence-electron chi connectivity index (χ2n) is 5.30. The lowest BCUT2D eigenvalue weighted by Crippen LogP contribution is -2.15. The van der Waals surface area contributed by atoms with E-state index >= 15 is 0 Å². The minimum atomic E-state index is 0.205. The van der Waals surface area contributed by atoms with Crippen LogP contribution in [-0.2, 0) is 6.42 Å². The van der Waals surface area contributed by atoms with Crippen molar-refractivity contribution in [3.05, 3.63) is 59.4 Å². The van der Waals surface area contributed by atoms with E-state index in [0.717, 1.165) is 34.7 Å². The first-order valence-corrected chi connectivity index (χ1v) is 7.84. The fraction of sp³-hybridized carbons (Fsp3) is 0.263. The highest BCUT2D eigenvalue weighted by atomic mass is 16.1. The number of imidazole rings is 1. The Hall–Kier alpha value is -2.42. The first kappa shape index (κ1) is 14.5. The topological polar surface area (TPSA) is 34.4 Å². The number of hydrogen-bond acceptors (Lipinski definition) is 2. The molecule has 4 rings (SSSR count). The van der Waals surface area contributed by atoms with Gasteiger partial charge in [0.1, 0.15) is 5.65 Å². The summed E-state index contributed by atoms with van der Waals surface area (Å²) in [6, 6.07) is 14.2. The van der Waals surface area contributed by atoms with Gasteiger partial charge in [0.05, 0.1) is 17.1 Å². The van der Waals surface area contributed by atoms with E-state index in [1.54, 1.807) is 0 Å². The lowest BCUT2D eigenvalue weighted by molar-refractivity contribution is 0.0970. The molecule has 3 heteroatoms. The molecule has 0 bridgehead atoms. The van der Waals surface area contributed by atoms with Crippen LogP contribution >= 0.6 is 0 Å². The fourth-order valence-corrected chi connectivity index (χ4v) is 2.90. The number of hydrogen-bond donors (Lipinski definition) is 0. The minimum Gasteiger partial charge on any atom is -0.293 e. The normalized spacial score (nSPS) is 13.0. The third-order valence-corrected chi connectivity index (χ3v) is 3.94. The van der Waals surface area contributed by atoms with Crippen LogP contribution in [0, 0.1) is 6.92 Å². The molecule has 0 saturated heterocycles. The van der Waals surface area contributed by atoms with E-state index in [9.17, 15) is 4.79 Å². The van der Waals surface area contributed by atoms with Crippen molar-refractivity contribution in [2.24, 2.45) is 0 Å². The van der Waals surface area contributed by atoms with E-state index in [1.807, 2.05) is 36.4 Å². The van der Waals surface area contributed by atoms with Gasteiger partial charge in [-0.15, -0.1) is 0 Å². The van der Waals surface area contributed by atoms with E-state index < -0.39 is 0 Å². The van der Waals surface area contributed by atoms with E-state index in [2.05, 4.69) is 31.2 Å². The molecule has 2 aromatic heterocycles. The molecule has 0 fully saturated rings. The van der Waals surface area contributed by atoms with E-state index in [0.29, 0.717) is 6.42 Å². The number of carbonyl (C=O) groups excluding carboxylic acids is 1. The SMILES string of the molecule is CC.Cc1ccc(-c2nc3cccc4n3c2CCC4=O)cc1. The number of ketones is 1. The predicted molar refractivity (Wildman–Crippen MR) is 89.4 cm³/mol. The van der Waals surface area contributed by atoms with E-state index in [4.69, 9.17) is 4.98 Å². The Morgan fingerprint density at radius 1 is 1.00 bits per heavy atom. The van der Waals surface area contributed by atoms with Gasteiger partial charge in [-0.1, -0.05) is 49.7 Å². The molecule has 0 N–H and O–H groups in total. The Kier molecular flexibility index (Phi) is 3.80. The van der Waals surface area contributed by atoms with Crippen molar-refractivity contribution in [3.8, 4) is 11.3 Å². The number of pyridine rings is 1. The predicted octanol–water partition coefficient (Wildman–Crippen LogP) is 4.46. The Balaban J connectivity index is 0.000000693. The molecule has 22 heavy (non-hydrogen) atoms. The summed E-state index contributed by atoms with van der Waals surface area (Å²) in [6.07, 6.45) is 1.34. The van der Waals surface area contributed by atoms with Gasteiger partial charge in [-0.25, -0.2) is 4.98 Å². The third kappa shape index (κ3) is 2.23. The summed E-state index contributed by atoms with van der Waals surface area (Å²) >= 11 is 0. The largest absolute Gasteiger partial charge is 0.293 e. The van der Waals surface area contributed by atoms with E-state index in [-0.39, 0.29) is 5.78 Å². The van der Waals surface area contributed by atoms with Crippen LogP contribution in [0.25, 0.3) is 16.9 Å². The summed E-state index contributed by atoms with van der Waals surface area (Å²) in [6.45, 7) is 6.08. The molecule has 0 saturated carbocycles. The quantitative estimate of drug-likeness (QED) is 0.663. The lowest BCUT2D eigenvalue weighted by Gasteiger charge is -2.14. The number of nitrogens with zero attached hydrogens (tertiary/aromatic N) is 2. The maximum absolute atomic E-state index is 12.0. The fourth-order valence-electron chi connectivity index (χ4n) is 2.90. The zero-order valence-electron chi connectivity index (χ0n) is 13.3. The first-order valence-electron chi connectivity index (χ1n) is 7.84. The van der Waals surface area contributed by atoms with Gasteiger partial charge in [-0.05, 0) is 25.5 Å². The molecule has 3 aromatic rings. The molecule has 3 heterocycles. The van der Waals surface area contributed by atoms with E-state index in [1.165, 1.54) is 5.56 Å². The number of aryl methyl sites for hydroxylation is 2. The van der Waals surface area contributed by atoms with Crippen LogP contribution in [0.2, 0.25) is 0 Å². The monoisotopic (exact) mass is 292 g/mol. The number of carbonyl (C=O) groups is 1. The summed E-state index contributed by atoms with van der Waals surface area (Å²) < 4.78 is 2.01. The zero-order chi connectivity index (χ0) is 15.7. The number of aromatic nitrogens is 2. The molecule has 0 atom stereocenters. The first-order chi connectivity index (χ1) is 10.7. The Morgan fingerprint density at radius 3 is 2.45 bits per heavy atom. The van der Waals surface area contributed by atoms with Crippen molar-refractivity contribution in [1.29, 1.82) is 0 Å². The van der Waals surface area contributed by atoms with Crippen LogP contribution in [0.15, 0.2) is 42.5 Å². The van der Waals surface area contributed by atoms with Gasteiger partial charge < -0.3 is 0 Å². The second-order valence-corrected chi connectivity index (χ2v) is 5.30. The maximum Gasteiger partial charge on any atom is 0.180 e. The molecule has 1 aliphatic heterocycles. The molecule has 112 valence electrons. The summed E-state index contributed by atoms with van der Waals surface area (Å²) in [5.41, 5.74) is 6.14. The maximum atomic E-state index is 12.0. The molecular formula is C19H20N2O. The van der Waals surface area contributed by atoms with Crippen LogP contribution in [-0.4, -0.2) is 15.2 Å². The highest BCUT2D eigenvalue weighted by Crippen LogP contribution is 2.30. The average Bonchev–Trinajstić information content (AvgIpc) is 2.94. The van der Waals surface area contributed by atoms with Crippen LogP contribution in [0.5, 0.6) is 0 Å². The summed E-state index contributed by atoms with van der Waals surface area (Å²) in [5, 5.41) is 0. The average molecular weight is 292 g/mol.